The molecule has 0 saturated carbocycles. The summed E-state index contributed by atoms with van der Waals surface area (Å²) < 4.78 is 0. The molecule has 0 bridgehead atoms. The number of carboxylic acids is 2. The lowest BCUT2D eigenvalue weighted by molar-refractivity contribution is -0.138. The Morgan fingerprint density at radius 2 is 0.500 bits per heavy atom. The molecule has 0 heterocycles. The maximum atomic E-state index is 10.4. The molecule has 0 aliphatic carbocycles. The zero-order valence-electron chi connectivity index (χ0n) is 34.1. The van der Waals surface area contributed by atoms with E-state index in [2.05, 4.69) is 13.8 Å². The van der Waals surface area contributed by atoms with Crippen molar-refractivity contribution in [1.82, 2.24) is 0 Å². The normalized spacial score (nSPS) is 10.8. The number of carbonyl (C=O) groups is 2. The first kappa shape index (κ1) is 53.2. The van der Waals surface area contributed by atoms with Crippen LogP contribution in [0.25, 0.3) is 0 Å². The van der Waals surface area contributed by atoms with Crippen molar-refractivity contribution in [2.24, 2.45) is 0 Å². The molecule has 0 aromatic rings. The fourth-order valence-electron chi connectivity index (χ4n) is 6.26. The molecule has 0 radical (unpaired) electrons. The van der Waals surface area contributed by atoms with Gasteiger partial charge in [0.25, 0.3) is 0 Å². The molecule has 0 aromatic carbocycles. The van der Waals surface area contributed by atoms with Gasteiger partial charge in [-0.25, -0.2) is 0 Å². The highest BCUT2D eigenvalue weighted by atomic mass is 16.5. The smallest absolute Gasteiger partial charge is 0.303 e. The van der Waals surface area contributed by atoms with E-state index in [4.69, 9.17) is 20.4 Å². The van der Waals surface area contributed by atoms with Crippen LogP contribution in [-0.2, 0) is 9.59 Å². The Morgan fingerprint density at radius 3 is 0.620 bits per heavy atom. The van der Waals surface area contributed by atoms with Crippen LogP contribution in [0, 0.1) is 0 Å². The SMILES string of the molecule is CCCC(O)O.CCCCCCCCCCCCCCCCCCCC(=O)O.CCCCCCCCCCCCCCCCCCCC(=O)O. The van der Waals surface area contributed by atoms with E-state index >= 15 is 0 Å². The lowest BCUT2D eigenvalue weighted by Crippen LogP contribution is -2.01. The van der Waals surface area contributed by atoms with Crippen LogP contribution in [0.1, 0.15) is 265 Å². The van der Waals surface area contributed by atoms with E-state index in [0.717, 1.165) is 32.1 Å². The Kier molecular flexibility index (Phi) is 53.2. The topological polar surface area (TPSA) is 115 Å². The van der Waals surface area contributed by atoms with Gasteiger partial charge in [-0.1, -0.05) is 233 Å². The van der Waals surface area contributed by atoms with Crippen molar-refractivity contribution in [3.05, 3.63) is 0 Å². The second kappa shape index (κ2) is 50.0. The lowest BCUT2D eigenvalue weighted by Gasteiger charge is -2.03. The highest BCUT2D eigenvalue weighted by Gasteiger charge is 1.99. The number of hydrogen-bond acceptors (Lipinski definition) is 4. The molecular formula is C44H90O6. The fourth-order valence-corrected chi connectivity index (χ4v) is 6.26. The summed E-state index contributed by atoms with van der Waals surface area (Å²) in [5.74, 6) is -1.30. The maximum absolute atomic E-state index is 10.4. The van der Waals surface area contributed by atoms with Gasteiger partial charge in [0, 0.05) is 12.8 Å². The number of rotatable bonds is 38. The molecule has 0 aromatic heterocycles. The van der Waals surface area contributed by atoms with Crippen LogP contribution < -0.4 is 0 Å². The minimum atomic E-state index is -1.10. The van der Waals surface area contributed by atoms with Crippen LogP contribution in [0.2, 0.25) is 0 Å². The zero-order chi connectivity index (χ0) is 37.6. The molecule has 50 heavy (non-hydrogen) atoms. The molecule has 4 N–H and O–H groups in total. The van der Waals surface area contributed by atoms with E-state index in [1.807, 2.05) is 6.92 Å². The quantitative estimate of drug-likeness (QED) is 0.0374. The van der Waals surface area contributed by atoms with Gasteiger partial charge in [0.15, 0.2) is 6.29 Å². The van der Waals surface area contributed by atoms with Gasteiger partial charge in [-0.3, -0.25) is 9.59 Å². The lowest BCUT2D eigenvalue weighted by atomic mass is 10.0. The molecule has 0 saturated heterocycles. The predicted octanol–water partition coefficient (Wildman–Crippen LogP) is 14.3. The van der Waals surface area contributed by atoms with Crippen molar-refractivity contribution in [3.63, 3.8) is 0 Å². The number of carboxylic acid groups (broad SMARTS) is 2. The molecule has 0 spiro atoms. The van der Waals surface area contributed by atoms with Crippen molar-refractivity contribution in [3.8, 4) is 0 Å². The first-order chi connectivity index (χ1) is 24.3. The Balaban J connectivity index is -0.000000758. The molecule has 0 unspecified atom stereocenters. The second-order valence-electron chi connectivity index (χ2n) is 14.9. The molecule has 0 rings (SSSR count). The number of aliphatic hydroxyl groups excluding tert-OH is 1. The third kappa shape index (κ3) is 62.0. The van der Waals surface area contributed by atoms with E-state index in [1.165, 1.54) is 193 Å². The van der Waals surface area contributed by atoms with Crippen LogP contribution in [0.5, 0.6) is 0 Å². The first-order valence-corrected chi connectivity index (χ1v) is 22.1. The van der Waals surface area contributed by atoms with Gasteiger partial charge in [0.2, 0.25) is 0 Å². The van der Waals surface area contributed by atoms with Crippen LogP contribution in [-0.4, -0.2) is 38.7 Å². The van der Waals surface area contributed by atoms with E-state index in [-0.39, 0.29) is 0 Å². The van der Waals surface area contributed by atoms with E-state index in [0.29, 0.717) is 19.3 Å². The third-order valence-electron chi connectivity index (χ3n) is 9.54. The van der Waals surface area contributed by atoms with Gasteiger partial charge < -0.3 is 20.4 Å². The molecule has 6 nitrogen and oxygen atoms in total. The van der Waals surface area contributed by atoms with Crippen molar-refractivity contribution in [2.45, 2.75) is 271 Å². The van der Waals surface area contributed by atoms with Gasteiger partial charge in [0.05, 0.1) is 0 Å². The van der Waals surface area contributed by atoms with Crippen LogP contribution in [0.15, 0.2) is 0 Å². The number of unbranched alkanes of at least 4 members (excludes halogenated alkanes) is 32. The van der Waals surface area contributed by atoms with Gasteiger partial charge in [-0.15, -0.1) is 0 Å². The van der Waals surface area contributed by atoms with E-state index in [9.17, 15) is 9.59 Å². The Bertz CT molecular complexity index is 576. The number of aliphatic hydroxyl groups is 2. The highest BCUT2D eigenvalue weighted by molar-refractivity contribution is 5.66. The molecular weight excluding hydrogens is 624 g/mol. The summed E-state index contributed by atoms with van der Waals surface area (Å²) in [6, 6.07) is 0. The van der Waals surface area contributed by atoms with Crippen molar-refractivity contribution >= 4 is 11.9 Å². The van der Waals surface area contributed by atoms with Crippen molar-refractivity contribution < 1.29 is 30.0 Å². The number of hydrogen-bond donors (Lipinski definition) is 4. The number of aliphatic carboxylic acids is 2. The summed E-state index contributed by atoms with van der Waals surface area (Å²) in [5, 5.41) is 33.3. The molecule has 0 aliphatic rings. The summed E-state index contributed by atoms with van der Waals surface area (Å²) in [4.78, 5) is 20.7. The molecule has 302 valence electrons. The molecule has 0 aliphatic heterocycles. The average molecular weight is 715 g/mol. The van der Waals surface area contributed by atoms with Gasteiger partial charge in [0.1, 0.15) is 0 Å². The average Bonchev–Trinajstić information content (AvgIpc) is 3.08. The molecule has 0 fully saturated rings. The Morgan fingerprint density at radius 1 is 0.320 bits per heavy atom. The van der Waals surface area contributed by atoms with E-state index in [1.54, 1.807) is 0 Å². The Hall–Kier alpha value is -1.14. The standard InChI is InChI=1S/2C20H40O2.C4H10O2/c2*1-2-3-4-5-6-7-8-9-10-11-12-13-14-15-16-17-18-19-20(21)22;1-2-3-4(5)6/h2*2-19H2,1H3,(H,21,22);4-6H,2-3H2,1H3. The summed E-state index contributed by atoms with van der Waals surface area (Å²) >= 11 is 0. The van der Waals surface area contributed by atoms with Crippen LogP contribution in [0.3, 0.4) is 0 Å². The fraction of sp³-hybridized carbons (Fsp3) is 0.955. The summed E-state index contributed by atoms with van der Waals surface area (Å²) in [5.41, 5.74) is 0. The van der Waals surface area contributed by atoms with Gasteiger partial charge in [-0.2, -0.15) is 0 Å². The summed E-state index contributed by atoms with van der Waals surface area (Å²) in [6.45, 7) is 6.46. The predicted molar refractivity (Wildman–Crippen MR) is 216 cm³/mol. The molecule has 6 heteroatoms. The maximum Gasteiger partial charge on any atom is 0.303 e. The minimum Gasteiger partial charge on any atom is -0.481 e. The summed E-state index contributed by atoms with van der Waals surface area (Å²) in [6.07, 6.45) is 46.5. The zero-order valence-corrected chi connectivity index (χ0v) is 34.1. The van der Waals surface area contributed by atoms with Gasteiger partial charge in [-0.05, 0) is 19.3 Å². The summed E-state index contributed by atoms with van der Waals surface area (Å²) in [7, 11) is 0. The highest BCUT2D eigenvalue weighted by Crippen LogP contribution is 2.16. The minimum absolute atomic E-state index is 0.346. The Labute approximate surface area is 312 Å². The molecule has 0 atom stereocenters. The van der Waals surface area contributed by atoms with E-state index < -0.39 is 18.2 Å². The van der Waals surface area contributed by atoms with Crippen molar-refractivity contribution in [2.75, 3.05) is 0 Å². The second-order valence-corrected chi connectivity index (χ2v) is 14.9. The van der Waals surface area contributed by atoms with Gasteiger partial charge >= 0.3 is 11.9 Å². The largest absolute Gasteiger partial charge is 0.481 e. The monoisotopic (exact) mass is 715 g/mol. The molecule has 0 amide bonds. The third-order valence-corrected chi connectivity index (χ3v) is 9.54. The first-order valence-electron chi connectivity index (χ1n) is 22.1. The van der Waals surface area contributed by atoms with Crippen LogP contribution in [0.4, 0.5) is 0 Å². The van der Waals surface area contributed by atoms with Crippen molar-refractivity contribution in [1.29, 1.82) is 0 Å². The van der Waals surface area contributed by atoms with Crippen LogP contribution >= 0.6 is 0 Å².